The maximum absolute atomic E-state index is 13.1. The summed E-state index contributed by atoms with van der Waals surface area (Å²) in [4.78, 5) is 38.8. The summed E-state index contributed by atoms with van der Waals surface area (Å²) in [5.41, 5.74) is 2.19. The SMILES string of the molecule is O=C1c2nc(-c3cccnc3)ccc2CN1C1(C(=O)NCCN2CCOCC2)CC1. The van der Waals surface area contributed by atoms with E-state index in [-0.39, 0.29) is 11.8 Å². The molecule has 0 atom stereocenters. The Morgan fingerprint density at radius 3 is 2.77 bits per heavy atom. The molecule has 8 nitrogen and oxygen atoms in total. The molecule has 0 radical (unpaired) electrons. The van der Waals surface area contributed by atoms with E-state index in [1.54, 1.807) is 17.3 Å². The average molecular weight is 407 g/mol. The van der Waals surface area contributed by atoms with Crippen LogP contribution in [0.4, 0.5) is 0 Å². The van der Waals surface area contributed by atoms with Crippen LogP contribution in [0, 0.1) is 0 Å². The highest BCUT2D eigenvalue weighted by Crippen LogP contribution is 2.45. The van der Waals surface area contributed by atoms with Gasteiger partial charge in [-0.1, -0.05) is 6.07 Å². The minimum Gasteiger partial charge on any atom is -0.379 e. The Balaban J connectivity index is 1.26. The van der Waals surface area contributed by atoms with Crippen molar-refractivity contribution in [2.24, 2.45) is 0 Å². The van der Waals surface area contributed by atoms with Gasteiger partial charge in [-0.25, -0.2) is 4.98 Å². The third-order valence-corrected chi connectivity index (χ3v) is 6.19. The van der Waals surface area contributed by atoms with Gasteiger partial charge in [0.1, 0.15) is 11.2 Å². The maximum Gasteiger partial charge on any atom is 0.274 e. The Kier molecular flexibility index (Phi) is 4.96. The van der Waals surface area contributed by atoms with Crippen molar-refractivity contribution in [2.45, 2.75) is 24.9 Å². The van der Waals surface area contributed by atoms with Gasteiger partial charge in [0.2, 0.25) is 5.91 Å². The summed E-state index contributed by atoms with van der Waals surface area (Å²) < 4.78 is 5.36. The summed E-state index contributed by atoms with van der Waals surface area (Å²) in [5.74, 6) is -0.207. The van der Waals surface area contributed by atoms with Gasteiger partial charge in [-0.3, -0.25) is 19.5 Å². The van der Waals surface area contributed by atoms with Crippen LogP contribution >= 0.6 is 0 Å². The first-order valence-electron chi connectivity index (χ1n) is 10.5. The van der Waals surface area contributed by atoms with Crippen molar-refractivity contribution >= 4 is 11.8 Å². The summed E-state index contributed by atoms with van der Waals surface area (Å²) in [6.07, 6.45) is 4.84. The predicted molar refractivity (Wildman–Crippen MR) is 110 cm³/mol. The number of fused-ring (bicyclic) bond motifs is 1. The van der Waals surface area contributed by atoms with Crippen LogP contribution in [0.2, 0.25) is 0 Å². The van der Waals surface area contributed by atoms with Crippen molar-refractivity contribution in [3.8, 4) is 11.3 Å². The Hall–Kier alpha value is -2.84. The molecular formula is C22H25N5O3. The lowest BCUT2D eigenvalue weighted by Crippen LogP contribution is -2.51. The van der Waals surface area contributed by atoms with Crippen LogP contribution in [-0.4, -0.2) is 76.5 Å². The quantitative estimate of drug-likeness (QED) is 0.771. The van der Waals surface area contributed by atoms with Gasteiger partial charge in [-0.2, -0.15) is 0 Å². The van der Waals surface area contributed by atoms with Crippen LogP contribution in [0.15, 0.2) is 36.7 Å². The number of carbonyl (C=O) groups excluding carboxylic acids is 2. The van der Waals surface area contributed by atoms with Gasteiger partial charge in [0, 0.05) is 56.2 Å². The van der Waals surface area contributed by atoms with E-state index < -0.39 is 5.54 Å². The van der Waals surface area contributed by atoms with Crippen LogP contribution in [0.5, 0.6) is 0 Å². The Morgan fingerprint density at radius 1 is 1.20 bits per heavy atom. The molecule has 2 fully saturated rings. The predicted octanol–water partition coefficient (Wildman–Crippen LogP) is 1.08. The molecule has 1 saturated carbocycles. The van der Waals surface area contributed by atoms with Crippen LogP contribution < -0.4 is 5.32 Å². The summed E-state index contributed by atoms with van der Waals surface area (Å²) >= 11 is 0. The van der Waals surface area contributed by atoms with E-state index in [9.17, 15) is 9.59 Å². The number of hydrogen-bond acceptors (Lipinski definition) is 6. The summed E-state index contributed by atoms with van der Waals surface area (Å²) in [6.45, 7) is 5.09. The lowest BCUT2D eigenvalue weighted by molar-refractivity contribution is -0.127. The molecule has 8 heteroatoms. The van der Waals surface area contributed by atoms with Gasteiger partial charge >= 0.3 is 0 Å². The third kappa shape index (κ3) is 3.46. The zero-order valence-electron chi connectivity index (χ0n) is 16.8. The van der Waals surface area contributed by atoms with Crippen LogP contribution in [0.25, 0.3) is 11.3 Å². The zero-order valence-corrected chi connectivity index (χ0v) is 16.8. The average Bonchev–Trinajstić information content (AvgIpc) is 3.54. The highest BCUT2D eigenvalue weighted by Gasteiger charge is 2.58. The highest BCUT2D eigenvalue weighted by atomic mass is 16.5. The Labute approximate surface area is 175 Å². The topological polar surface area (TPSA) is 87.7 Å². The molecular weight excluding hydrogens is 382 g/mol. The van der Waals surface area contributed by atoms with E-state index in [4.69, 9.17) is 4.74 Å². The van der Waals surface area contributed by atoms with E-state index in [0.29, 0.717) is 31.6 Å². The van der Waals surface area contributed by atoms with Crippen molar-refractivity contribution in [1.82, 2.24) is 25.1 Å². The van der Waals surface area contributed by atoms with E-state index in [0.717, 1.165) is 49.7 Å². The minimum absolute atomic E-state index is 0.0515. The van der Waals surface area contributed by atoms with E-state index >= 15 is 0 Å². The van der Waals surface area contributed by atoms with Crippen molar-refractivity contribution < 1.29 is 14.3 Å². The smallest absolute Gasteiger partial charge is 0.274 e. The first-order chi connectivity index (χ1) is 14.7. The fourth-order valence-electron chi connectivity index (χ4n) is 4.25. The number of morpholine rings is 1. The summed E-state index contributed by atoms with van der Waals surface area (Å²) in [6, 6.07) is 7.62. The van der Waals surface area contributed by atoms with Gasteiger partial charge in [0.25, 0.3) is 5.91 Å². The molecule has 0 aromatic carbocycles. The molecule has 4 heterocycles. The fourth-order valence-corrected chi connectivity index (χ4v) is 4.25. The van der Waals surface area contributed by atoms with E-state index in [1.807, 2.05) is 24.3 Å². The number of nitrogens with zero attached hydrogens (tertiary/aromatic N) is 4. The Morgan fingerprint density at radius 2 is 2.03 bits per heavy atom. The molecule has 0 spiro atoms. The van der Waals surface area contributed by atoms with Crippen molar-refractivity contribution in [2.75, 3.05) is 39.4 Å². The maximum atomic E-state index is 13.1. The lowest BCUT2D eigenvalue weighted by atomic mass is 10.1. The number of pyridine rings is 2. The number of carbonyl (C=O) groups is 2. The second-order valence-corrected chi connectivity index (χ2v) is 8.08. The second kappa shape index (κ2) is 7.77. The molecule has 1 N–H and O–H groups in total. The lowest BCUT2D eigenvalue weighted by Gasteiger charge is -2.29. The van der Waals surface area contributed by atoms with Crippen LogP contribution in [-0.2, 0) is 16.1 Å². The normalized spacial score (nSPS) is 20.1. The monoisotopic (exact) mass is 407 g/mol. The van der Waals surface area contributed by atoms with Gasteiger partial charge < -0.3 is 15.0 Å². The molecule has 2 aromatic rings. The first kappa shape index (κ1) is 19.1. The van der Waals surface area contributed by atoms with Crippen molar-refractivity contribution in [3.63, 3.8) is 0 Å². The van der Waals surface area contributed by atoms with Crippen molar-refractivity contribution in [3.05, 3.63) is 47.9 Å². The molecule has 1 aliphatic carbocycles. The van der Waals surface area contributed by atoms with Crippen molar-refractivity contribution in [1.29, 1.82) is 0 Å². The second-order valence-electron chi connectivity index (χ2n) is 8.08. The first-order valence-corrected chi connectivity index (χ1v) is 10.5. The third-order valence-electron chi connectivity index (χ3n) is 6.19. The highest BCUT2D eigenvalue weighted by molar-refractivity contribution is 6.02. The van der Waals surface area contributed by atoms with E-state index in [2.05, 4.69) is 20.2 Å². The standard InChI is InChI=1S/C22H25N5O3/c28-20-19-17(3-4-18(25-19)16-2-1-7-23-14-16)15-27(20)22(5-6-22)21(29)24-8-9-26-10-12-30-13-11-26/h1-4,7,14H,5-6,8-13,15H2,(H,24,29). The minimum atomic E-state index is -0.725. The molecule has 5 rings (SSSR count). The molecule has 156 valence electrons. The van der Waals surface area contributed by atoms with Crippen LogP contribution in [0.1, 0.15) is 28.9 Å². The molecule has 2 aliphatic heterocycles. The van der Waals surface area contributed by atoms with Gasteiger partial charge in [0.05, 0.1) is 18.9 Å². The molecule has 0 bridgehead atoms. The molecule has 30 heavy (non-hydrogen) atoms. The van der Waals surface area contributed by atoms with E-state index in [1.165, 1.54) is 0 Å². The summed E-state index contributed by atoms with van der Waals surface area (Å²) in [7, 11) is 0. The number of nitrogens with one attached hydrogen (secondary N) is 1. The number of ether oxygens (including phenoxy) is 1. The zero-order chi connectivity index (χ0) is 20.6. The largest absolute Gasteiger partial charge is 0.379 e. The molecule has 2 aromatic heterocycles. The molecule has 3 aliphatic rings. The Bertz CT molecular complexity index is 955. The number of rotatable bonds is 6. The number of hydrogen-bond donors (Lipinski definition) is 1. The summed E-state index contributed by atoms with van der Waals surface area (Å²) in [5, 5.41) is 3.05. The molecule has 2 amide bonds. The van der Waals surface area contributed by atoms with Crippen LogP contribution in [0.3, 0.4) is 0 Å². The molecule has 1 saturated heterocycles. The number of aromatic nitrogens is 2. The van der Waals surface area contributed by atoms with Gasteiger partial charge in [0.15, 0.2) is 0 Å². The van der Waals surface area contributed by atoms with Gasteiger partial charge in [-0.05, 0) is 31.0 Å². The fraction of sp³-hybridized carbons (Fsp3) is 0.455. The number of amides is 2. The molecule has 0 unspecified atom stereocenters. The van der Waals surface area contributed by atoms with Gasteiger partial charge in [-0.15, -0.1) is 0 Å².